The fourth-order valence-corrected chi connectivity index (χ4v) is 3.20. The Morgan fingerprint density at radius 3 is 2.00 bits per heavy atom. The first-order valence-corrected chi connectivity index (χ1v) is 8.68. The first-order chi connectivity index (χ1) is 8.38. The highest BCUT2D eigenvalue weighted by Gasteiger charge is 2.37. The lowest BCUT2D eigenvalue weighted by Crippen LogP contribution is -2.40. The molecule has 5 nitrogen and oxygen atoms in total. The lowest BCUT2D eigenvalue weighted by atomic mass is 10.1. The third kappa shape index (κ3) is 9.58. The molecule has 108 valence electrons. The highest BCUT2D eigenvalue weighted by Crippen LogP contribution is 2.28. The average Bonchev–Trinajstić information content (AvgIpc) is 2.24. The van der Waals surface area contributed by atoms with E-state index in [1.807, 2.05) is 0 Å². The van der Waals surface area contributed by atoms with Gasteiger partial charge < -0.3 is 19.5 Å². The van der Waals surface area contributed by atoms with Crippen molar-refractivity contribution in [3.05, 3.63) is 0 Å². The molecule has 0 fully saturated rings. The van der Waals surface area contributed by atoms with Crippen LogP contribution in [0.5, 0.6) is 0 Å². The molecule has 0 saturated carbocycles. The Bertz CT molecular complexity index is 227. The van der Waals surface area contributed by atoms with Crippen molar-refractivity contribution in [1.29, 1.82) is 0 Å². The van der Waals surface area contributed by atoms with Crippen LogP contribution in [0.4, 0.5) is 0 Å². The van der Waals surface area contributed by atoms with E-state index in [1.54, 1.807) is 0 Å². The summed E-state index contributed by atoms with van der Waals surface area (Å²) in [5.74, 6) is -0.838. The van der Waals surface area contributed by atoms with Gasteiger partial charge in [-0.3, -0.25) is 4.79 Å². The molecule has 0 aromatic rings. The molecule has 1 unspecified atom stereocenters. The van der Waals surface area contributed by atoms with Gasteiger partial charge in [0.05, 0.1) is 0 Å². The van der Waals surface area contributed by atoms with Gasteiger partial charge in [0, 0.05) is 12.0 Å². The van der Waals surface area contributed by atoms with Crippen LogP contribution < -0.4 is 0 Å². The van der Waals surface area contributed by atoms with Crippen molar-refractivity contribution in [2.45, 2.75) is 70.3 Å². The van der Waals surface area contributed by atoms with Gasteiger partial charge in [-0.05, 0) is 19.3 Å². The Labute approximate surface area is 110 Å². The molecule has 0 rings (SSSR count). The maximum atomic E-state index is 10.3. The number of hydrogen-bond acceptors (Lipinski definition) is 4. The second-order valence-corrected chi connectivity index (χ2v) is 7.06. The van der Waals surface area contributed by atoms with E-state index in [4.69, 9.17) is 5.11 Å². The topological polar surface area (TPSA) is 98.0 Å². The standard InChI is InChI=1S/C12H26O5Si/c1-2-3-4-5-8-11(18(15,16)17)9-6-7-10-12(13)14/h11,15-17H,2-10H2,1H3,(H,13,14). The molecule has 0 saturated heterocycles. The molecule has 0 aromatic heterocycles. The van der Waals surface area contributed by atoms with Crippen LogP contribution in [0.1, 0.15) is 64.7 Å². The minimum absolute atomic E-state index is 0.0966. The van der Waals surface area contributed by atoms with E-state index < -0.39 is 20.3 Å². The predicted molar refractivity (Wildman–Crippen MR) is 71.0 cm³/mol. The Morgan fingerprint density at radius 1 is 1.00 bits per heavy atom. The molecule has 0 aliphatic carbocycles. The summed E-state index contributed by atoms with van der Waals surface area (Å²) in [4.78, 5) is 38.5. The first-order valence-electron chi connectivity index (χ1n) is 6.76. The highest BCUT2D eigenvalue weighted by atomic mass is 28.4. The van der Waals surface area contributed by atoms with Crippen LogP contribution in [0.25, 0.3) is 0 Å². The molecule has 18 heavy (non-hydrogen) atoms. The summed E-state index contributed by atoms with van der Waals surface area (Å²) in [5, 5.41) is 8.50. The maximum Gasteiger partial charge on any atom is 0.496 e. The number of hydrogen-bond donors (Lipinski definition) is 4. The van der Waals surface area contributed by atoms with Crippen molar-refractivity contribution < 1.29 is 24.3 Å². The monoisotopic (exact) mass is 278 g/mol. The molecular weight excluding hydrogens is 252 g/mol. The molecule has 0 radical (unpaired) electrons. The largest absolute Gasteiger partial charge is 0.496 e. The van der Waals surface area contributed by atoms with Crippen LogP contribution in [0.15, 0.2) is 0 Å². The van der Waals surface area contributed by atoms with E-state index in [0.717, 1.165) is 25.7 Å². The van der Waals surface area contributed by atoms with Gasteiger partial charge in [-0.2, -0.15) is 0 Å². The van der Waals surface area contributed by atoms with E-state index in [0.29, 0.717) is 25.7 Å². The van der Waals surface area contributed by atoms with Crippen molar-refractivity contribution >= 4 is 14.8 Å². The molecule has 6 heteroatoms. The summed E-state index contributed by atoms with van der Waals surface area (Å²) in [6.07, 6.45) is 6.48. The summed E-state index contributed by atoms with van der Waals surface area (Å²) < 4.78 is 0. The number of carboxylic acids is 1. The van der Waals surface area contributed by atoms with Crippen LogP contribution in [0, 0.1) is 0 Å². The zero-order valence-electron chi connectivity index (χ0n) is 11.1. The van der Waals surface area contributed by atoms with Gasteiger partial charge in [-0.25, -0.2) is 0 Å². The summed E-state index contributed by atoms with van der Waals surface area (Å²) in [7, 11) is -4.07. The SMILES string of the molecule is CCCCCCC(CCCCC(=O)O)[Si](O)(O)O. The van der Waals surface area contributed by atoms with E-state index in [-0.39, 0.29) is 6.42 Å². The molecule has 0 bridgehead atoms. The van der Waals surface area contributed by atoms with Crippen LogP contribution in [-0.2, 0) is 4.79 Å². The summed E-state index contributed by atoms with van der Waals surface area (Å²) in [6.45, 7) is 2.10. The minimum Gasteiger partial charge on any atom is -0.481 e. The molecule has 0 heterocycles. The Balaban J connectivity index is 3.89. The molecule has 0 amide bonds. The second-order valence-electron chi connectivity index (χ2n) is 4.87. The average molecular weight is 278 g/mol. The number of carboxylic acid groups (broad SMARTS) is 1. The molecule has 0 aliphatic heterocycles. The van der Waals surface area contributed by atoms with Crippen molar-refractivity contribution in [2.24, 2.45) is 0 Å². The summed E-state index contributed by atoms with van der Waals surface area (Å²) >= 11 is 0. The van der Waals surface area contributed by atoms with Crippen LogP contribution in [0.2, 0.25) is 5.54 Å². The van der Waals surface area contributed by atoms with E-state index >= 15 is 0 Å². The smallest absolute Gasteiger partial charge is 0.481 e. The molecule has 0 aliphatic rings. The van der Waals surface area contributed by atoms with Crippen molar-refractivity contribution in [3.8, 4) is 0 Å². The number of aliphatic carboxylic acids is 1. The number of carbonyl (C=O) groups is 1. The van der Waals surface area contributed by atoms with Crippen molar-refractivity contribution in [1.82, 2.24) is 0 Å². The van der Waals surface area contributed by atoms with Crippen molar-refractivity contribution in [3.63, 3.8) is 0 Å². The van der Waals surface area contributed by atoms with Gasteiger partial charge in [0.1, 0.15) is 0 Å². The van der Waals surface area contributed by atoms with Gasteiger partial charge in [-0.15, -0.1) is 0 Å². The third-order valence-corrected chi connectivity index (χ3v) is 4.82. The van der Waals surface area contributed by atoms with Crippen LogP contribution in [0.3, 0.4) is 0 Å². The summed E-state index contributed by atoms with van der Waals surface area (Å²) in [5.41, 5.74) is -0.455. The van der Waals surface area contributed by atoms with E-state index in [1.165, 1.54) is 0 Å². The first kappa shape index (κ1) is 17.6. The van der Waals surface area contributed by atoms with Gasteiger partial charge in [-0.1, -0.05) is 39.0 Å². The molecular formula is C12H26O5Si. The van der Waals surface area contributed by atoms with Gasteiger partial charge >= 0.3 is 14.8 Å². The maximum absolute atomic E-state index is 10.3. The normalized spacial score (nSPS) is 13.6. The molecule has 0 aromatic carbocycles. The lowest BCUT2D eigenvalue weighted by Gasteiger charge is -2.22. The Hall–Kier alpha value is -0.433. The zero-order valence-corrected chi connectivity index (χ0v) is 12.1. The van der Waals surface area contributed by atoms with Gasteiger partial charge in [0.2, 0.25) is 0 Å². The van der Waals surface area contributed by atoms with Crippen LogP contribution >= 0.6 is 0 Å². The van der Waals surface area contributed by atoms with E-state index in [9.17, 15) is 19.2 Å². The zero-order chi connectivity index (χ0) is 14.0. The van der Waals surface area contributed by atoms with Crippen LogP contribution in [-0.4, -0.2) is 34.3 Å². The Morgan fingerprint density at radius 2 is 1.56 bits per heavy atom. The second kappa shape index (κ2) is 9.49. The molecule has 4 N–H and O–H groups in total. The fourth-order valence-electron chi connectivity index (χ4n) is 2.02. The van der Waals surface area contributed by atoms with Gasteiger partial charge in [0.25, 0.3) is 0 Å². The number of unbranched alkanes of at least 4 members (excludes halogenated alkanes) is 4. The summed E-state index contributed by atoms with van der Waals surface area (Å²) in [6, 6.07) is 0. The fraction of sp³-hybridized carbons (Fsp3) is 0.917. The Kier molecular flexibility index (Phi) is 9.26. The highest BCUT2D eigenvalue weighted by molar-refractivity contribution is 6.57. The van der Waals surface area contributed by atoms with E-state index in [2.05, 4.69) is 6.92 Å². The molecule has 1 atom stereocenters. The number of rotatable bonds is 11. The van der Waals surface area contributed by atoms with Crippen molar-refractivity contribution in [2.75, 3.05) is 0 Å². The van der Waals surface area contributed by atoms with Gasteiger partial charge in [0.15, 0.2) is 0 Å². The minimum atomic E-state index is -4.07. The quantitative estimate of drug-likeness (QED) is 0.342. The lowest BCUT2D eigenvalue weighted by molar-refractivity contribution is -0.137. The molecule has 0 spiro atoms. The predicted octanol–water partition coefficient (Wildman–Crippen LogP) is 1.89. The third-order valence-electron chi connectivity index (χ3n) is 3.15.